The molecule has 2 aromatic rings. The molecule has 2 amide bonds. The smallest absolute Gasteiger partial charge is 0.266 e. The van der Waals surface area contributed by atoms with E-state index in [1.807, 2.05) is 24.3 Å². The first kappa shape index (κ1) is 22.6. The lowest BCUT2D eigenvalue weighted by atomic mass is 10.2. The zero-order chi connectivity index (χ0) is 21.9. The van der Waals surface area contributed by atoms with Crippen molar-refractivity contribution in [3.8, 4) is 0 Å². The summed E-state index contributed by atoms with van der Waals surface area (Å²) in [5.74, 6) is -0.571. The van der Waals surface area contributed by atoms with Gasteiger partial charge in [0.2, 0.25) is 15.9 Å². The number of benzene rings is 2. The number of nitrogens with one attached hydrogen (secondary N) is 1. The highest BCUT2D eigenvalue weighted by atomic mass is 79.9. The van der Waals surface area contributed by atoms with Gasteiger partial charge in [0.05, 0.1) is 9.80 Å². The van der Waals surface area contributed by atoms with E-state index in [9.17, 15) is 18.0 Å². The summed E-state index contributed by atoms with van der Waals surface area (Å²) < 4.78 is 23.8. The van der Waals surface area contributed by atoms with Crippen LogP contribution in [0.4, 0.5) is 5.69 Å². The quantitative estimate of drug-likeness (QED) is 0.442. The fraction of sp³-hybridized carbons (Fsp3) is 0.105. The predicted molar refractivity (Wildman–Crippen MR) is 125 cm³/mol. The Morgan fingerprint density at radius 1 is 1.23 bits per heavy atom. The van der Waals surface area contributed by atoms with Gasteiger partial charge in [0.1, 0.15) is 4.32 Å². The van der Waals surface area contributed by atoms with Crippen LogP contribution in [0.5, 0.6) is 0 Å². The first-order valence-corrected chi connectivity index (χ1v) is 12.1. The molecule has 0 radical (unpaired) electrons. The standard InChI is InChI=1S/C19H16BrN3O4S3/c20-13-3-1-2-12(10-13)11-16-18(25)23(19(28)29-16)9-8-17(24)22-14-4-6-15(7-5-14)30(21,26)27/h1-7,10-11H,8-9H2,(H,22,24)(H2,21,26,27)/b16-11-. The number of amides is 2. The average molecular weight is 526 g/mol. The zero-order valence-corrected chi connectivity index (χ0v) is 19.4. The summed E-state index contributed by atoms with van der Waals surface area (Å²) in [5.41, 5.74) is 1.29. The van der Waals surface area contributed by atoms with Gasteiger partial charge in [-0.15, -0.1) is 0 Å². The first-order valence-electron chi connectivity index (χ1n) is 8.57. The minimum Gasteiger partial charge on any atom is -0.326 e. The molecule has 0 spiro atoms. The maximum atomic E-state index is 12.6. The van der Waals surface area contributed by atoms with Crippen molar-refractivity contribution in [2.45, 2.75) is 11.3 Å². The van der Waals surface area contributed by atoms with E-state index in [0.29, 0.717) is 14.9 Å². The number of hydrogen-bond donors (Lipinski definition) is 2. The van der Waals surface area contributed by atoms with Crippen LogP contribution in [-0.2, 0) is 19.6 Å². The predicted octanol–water partition coefficient (Wildman–Crippen LogP) is 3.33. The third-order valence-electron chi connectivity index (χ3n) is 4.05. The number of thioether (sulfide) groups is 1. The molecule has 0 atom stereocenters. The number of nitrogens with two attached hydrogens (primary N) is 1. The number of carbonyl (C=O) groups excluding carboxylic acids is 2. The normalized spacial score (nSPS) is 15.7. The van der Waals surface area contributed by atoms with Gasteiger partial charge in [-0.1, -0.05) is 52.0 Å². The number of hydrogen-bond acceptors (Lipinski definition) is 6. The Kier molecular flexibility index (Phi) is 7.09. The van der Waals surface area contributed by atoms with Crippen LogP contribution >= 0.6 is 39.9 Å². The monoisotopic (exact) mass is 525 g/mol. The number of nitrogens with zero attached hydrogens (tertiary/aromatic N) is 1. The van der Waals surface area contributed by atoms with E-state index >= 15 is 0 Å². The molecule has 3 rings (SSSR count). The van der Waals surface area contributed by atoms with Gasteiger partial charge in [-0.2, -0.15) is 0 Å². The number of anilines is 1. The molecule has 11 heteroatoms. The van der Waals surface area contributed by atoms with E-state index < -0.39 is 10.0 Å². The van der Waals surface area contributed by atoms with Crippen molar-refractivity contribution in [3.05, 3.63) is 63.5 Å². The van der Waals surface area contributed by atoms with Gasteiger partial charge in [0.25, 0.3) is 5.91 Å². The second kappa shape index (κ2) is 9.40. The van der Waals surface area contributed by atoms with Crippen molar-refractivity contribution in [2.75, 3.05) is 11.9 Å². The van der Waals surface area contributed by atoms with E-state index in [0.717, 1.165) is 10.0 Å². The van der Waals surface area contributed by atoms with Gasteiger partial charge in [-0.05, 0) is 48.0 Å². The van der Waals surface area contributed by atoms with Crippen LogP contribution in [0, 0.1) is 0 Å². The second-order valence-electron chi connectivity index (χ2n) is 6.26. The summed E-state index contributed by atoms with van der Waals surface area (Å²) in [4.78, 5) is 26.7. The highest BCUT2D eigenvalue weighted by molar-refractivity contribution is 9.10. The Hall–Kier alpha value is -2.05. The molecule has 0 aliphatic carbocycles. The van der Waals surface area contributed by atoms with E-state index in [1.54, 1.807) is 6.08 Å². The minimum absolute atomic E-state index is 0.0353. The fourth-order valence-corrected chi connectivity index (χ4v) is 4.85. The zero-order valence-electron chi connectivity index (χ0n) is 15.4. The van der Waals surface area contributed by atoms with Crippen molar-refractivity contribution in [3.63, 3.8) is 0 Å². The van der Waals surface area contributed by atoms with Crippen molar-refractivity contribution in [1.29, 1.82) is 0 Å². The number of halogens is 1. The van der Waals surface area contributed by atoms with E-state index in [4.69, 9.17) is 17.4 Å². The Morgan fingerprint density at radius 3 is 2.57 bits per heavy atom. The molecule has 1 fully saturated rings. The summed E-state index contributed by atoms with van der Waals surface area (Å²) in [7, 11) is -3.79. The Balaban J connectivity index is 1.59. The molecule has 1 aliphatic rings. The molecule has 0 aromatic heterocycles. The van der Waals surface area contributed by atoms with Gasteiger partial charge in [0, 0.05) is 23.1 Å². The molecule has 7 nitrogen and oxygen atoms in total. The molecule has 1 saturated heterocycles. The van der Waals surface area contributed by atoms with E-state index in [-0.39, 0.29) is 29.7 Å². The van der Waals surface area contributed by atoms with Crippen LogP contribution in [0.15, 0.2) is 62.8 Å². The molecule has 2 aromatic carbocycles. The topological polar surface area (TPSA) is 110 Å². The first-order chi connectivity index (χ1) is 14.1. The van der Waals surface area contributed by atoms with Gasteiger partial charge in [-0.3, -0.25) is 14.5 Å². The van der Waals surface area contributed by atoms with Crippen LogP contribution in [0.1, 0.15) is 12.0 Å². The number of carbonyl (C=O) groups is 2. The Bertz CT molecular complexity index is 1150. The molecular weight excluding hydrogens is 510 g/mol. The summed E-state index contributed by atoms with van der Waals surface area (Å²) in [6, 6.07) is 13.0. The molecular formula is C19H16BrN3O4S3. The van der Waals surface area contributed by atoms with Gasteiger partial charge in [-0.25, -0.2) is 13.6 Å². The maximum absolute atomic E-state index is 12.6. The highest BCUT2D eigenvalue weighted by Gasteiger charge is 2.32. The molecule has 156 valence electrons. The lowest BCUT2D eigenvalue weighted by molar-refractivity contribution is -0.122. The largest absolute Gasteiger partial charge is 0.326 e. The van der Waals surface area contributed by atoms with Crippen LogP contribution in [0.25, 0.3) is 6.08 Å². The number of rotatable bonds is 6. The second-order valence-corrected chi connectivity index (χ2v) is 10.4. The summed E-state index contributed by atoms with van der Waals surface area (Å²) in [6.07, 6.45) is 1.80. The summed E-state index contributed by atoms with van der Waals surface area (Å²) in [5, 5.41) is 7.69. The van der Waals surface area contributed by atoms with Crippen LogP contribution in [0.2, 0.25) is 0 Å². The fourth-order valence-electron chi connectivity index (χ4n) is 2.61. The summed E-state index contributed by atoms with van der Waals surface area (Å²) in [6.45, 7) is 0.140. The Labute approximate surface area is 191 Å². The summed E-state index contributed by atoms with van der Waals surface area (Å²) >= 11 is 9.87. The molecule has 3 N–H and O–H groups in total. The highest BCUT2D eigenvalue weighted by Crippen LogP contribution is 2.33. The molecule has 30 heavy (non-hydrogen) atoms. The number of sulfonamides is 1. The third kappa shape index (κ3) is 5.76. The molecule has 0 bridgehead atoms. The van der Waals surface area contributed by atoms with E-state index in [1.165, 1.54) is 40.9 Å². The minimum atomic E-state index is -3.79. The van der Waals surface area contributed by atoms with Crippen molar-refractivity contribution >= 4 is 77.8 Å². The van der Waals surface area contributed by atoms with E-state index in [2.05, 4.69) is 21.2 Å². The lowest BCUT2D eigenvalue weighted by Crippen LogP contribution is -2.31. The average Bonchev–Trinajstić information content (AvgIpc) is 2.93. The van der Waals surface area contributed by atoms with Crippen LogP contribution < -0.4 is 10.5 Å². The number of primary sulfonamides is 1. The molecule has 1 heterocycles. The van der Waals surface area contributed by atoms with Gasteiger partial charge < -0.3 is 5.32 Å². The molecule has 0 saturated carbocycles. The van der Waals surface area contributed by atoms with Crippen molar-refractivity contribution in [2.24, 2.45) is 5.14 Å². The van der Waals surface area contributed by atoms with Crippen LogP contribution in [0.3, 0.4) is 0 Å². The van der Waals surface area contributed by atoms with Crippen molar-refractivity contribution < 1.29 is 18.0 Å². The molecule has 0 unspecified atom stereocenters. The van der Waals surface area contributed by atoms with Crippen molar-refractivity contribution in [1.82, 2.24) is 4.90 Å². The molecule has 1 aliphatic heterocycles. The third-order valence-corrected chi connectivity index (χ3v) is 6.85. The van der Waals surface area contributed by atoms with Gasteiger partial charge >= 0.3 is 0 Å². The van der Waals surface area contributed by atoms with Gasteiger partial charge in [0.15, 0.2) is 0 Å². The maximum Gasteiger partial charge on any atom is 0.266 e. The SMILES string of the molecule is NS(=O)(=O)c1ccc(NC(=O)CCN2C(=O)/C(=C/c3cccc(Br)c3)SC2=S)cc1. The number of thiocarbonyl (C=S) groups is 1. The van der Waals surface area contributed by atoms with Crippen LogP contribution in [-0.4, -0.2) is 36.0 Å². The lowest BCUT2D eigenvalue weighted by Gasteiger charge is -2.14. The Morgan fingerprint density at radius 2 is 1.93 bits per heavy atom.